The number of likely N-dealkylation sites (tertiary alicyclic amines) is 1. The van der Waals surface area contributed by atoms with E-state index in [-0.39, 0.29) is 17.9 Å². The zero-order chi connectivity index (χ0) is 11.3. The minimum atomic E-state index is -0.205. The van der Waals surface area contributed by atoms with Crippen LogP contribution in [0, 0.1) is 17.2 Å². The fourth-order valence-corrected chi connectivity index (χ4v) is 2.17. The molecule has 0 saturated carbocycles. The molecule has 0 aromatic carbocycles. The molecular formula is C12H20N2O. The van der Waals surface area contributed by atoms with E-state index in [4.69, 9.17) is 5.26 Å². The van der Waals surface area contributed by atoms with Crippen LogP contribution in [0.4, 0.5) is 0 Å². The Morgan fingerprint density at radius 2 is 2.33 bits per heavy atom. The van der Waals surface area contributed by atoms with Gasteiger partial charge in [0.05, 0.1) is 6.07 Å². The molecule has 1 saturated heterocycles. The maximum Gasteiger partial charge on any atom is 0.226 e. The van der Waals surface area contributed by atoms with Crippen LogP contribution in [-0.2, 0) is 4.79 Å². The highest BCUT2D eigenvalue weighted by atomic mass is 16.2. The van der Waals surface area contributed by atoms with Crippen LogP contribution in [0.25, 0.3) is 0 Å². The summed E-state index contributed by atoms with van der Waals surface area (Å²) in [6, 6.07) is 2.00. The van der Waals surface area contributed by atoms with Gasteiger partial charge in [-0.1, -0.05) is 26.7 Å². The second-order valence-corrected chi connectivity index (χ2v) is 4.21. The summed E-state index contributed by atoms with van der Waals surface area (Å²) in [7, 11) is 0. The third-order valence-electron chi connectivity index (χ3n) is 3.17. The van der Waals surface area contributed by atoms with Crippen molar-refractivity contribution in [2.24, 2.45) is 5.92 Å². The molecule has 2 atom stereocenters. The molecule has 1 aliphatic rings. The summed E-state index contributed by atoms with van der Waals surface area (Å²) in [5.41, 5.74) is 0. The minimum Gasteiger partial charge on any atom is -0.326 e. The first-order chi connectivity index (χ1) is 7.24. The van der Waals surface area contributed by atoms with Gasteiger partial charge in [-0.05, 0) is 19.3 Å². The fourth-order valence-electron chi connectivity index (χ4n) is 2.17. The predicted octanol–water partition coefficient (Wildman–Crippen LogP) is 2.33. The van der Waals surface area contributed by atoms with Gasteiger partial charge in [-0.3, -0.25) is 4.79 Å². The van der Waals surface area contributed by atoms with E-state index in [2.05, 4.69) is 13.0 Å². The lowest BCUT2D eigenvalue weighted by atomic mass is 10.0. The quantitative estimate of drug-likeness (QED) is 0.696. The molecule has 0 bridgehead atoms. The normalized spacial score (nSPS) is 22.9. The summed E-state index contributed by atoms with van der Waals surface area (Å²) in [6.07, 6.45) is 4.93. The molecule has 0 spiro atoms. The van der Waals surface area contributed by atoms with Crippen LogP contribution in [0.3, 0.4) is 0 Å². The van der Waals surface area contributed by atoms with Crippen molar-refractivity contribution >= 4 is 5.91 Å². The van der Waals surface area contributed by atoms with E-state index in [1.165, 1.54) is 0 Å². The predicted molar refractivity (Wildman–Crippen MR) is 59.0 cm³/mol. The summed E-state index contributed by atoms with van der Waals surface area (Å²) in [6.45, 7) is 4.88. The van der Waals surface area contributed by atoms with E-state index in [9.17, 15) is 4.79 Å². The highest BCUT2D eigenvalue weighted by Crippen LogP contribution is 2.25. The molecule has 15 heavy (non-hydrogen) atoms. The molecular weight excluding hydrogens is 188 g/mol. The second-order valence-electron chi connectivity index (χ2n) is 4.21. The Labute approximate surface area is 92.1 Å². The number of carbonyl (C=O) groups excluding carboxylic acids is 1. The van der Waals surface area contributed by atoms with Crippen molar-refractivity contribution in [1.82, 2.24) is 4.90 Å². The molecule has 1 rings (SSSR count). The van der Waals surface area contributed by atoms with Crippen LogP contribution < -0.4 is 0 Å². The molecule has 0 aromatic rings. The van der Waals surface area contributed by atoms with Gasteiger partial charge in [0.1, 0.15) is 6.04 Å². The molecule has 1 fully saturated rings. The van der Waals surface area contributed by atoms with E-state index < -0.39 is 0 Å². The number of nitriles is 1. The zero-order valence-corrected chi connectivity index (χ0v) is 9.70. The van der Waals surface area contributed by atoms with Gasteiger partial charge in [0.25, 0.3) is 0 Å². The lowest BCUT2D eigenvalue weighted by molar-refractivity contribution is -0.132. The number of unbranched alkanes of at least 4 members (excludes halogenated alkanes) is 1. The number of amides is 1. The van der Waals surface area contributed by atoms with Gasteiger partial charge in [0.2, 0.25) is 5.91 Å². The van der Waals surface area contributed by atoms with Crippen molar-refractivity contribution in [3.63, 3.8) is 0 Å². The van der Waals surface area contributed by atoms with E-state index in [1.807, 2.05) is 6.92 Å². The summed E-state index contributed by atoms with van der Waals surface area (Å²) in [5.74, 6) is 0.393. The van der Waals surface area contributed by atoms with Gasteiger partial charge in [0.15, 0.2) is 0 Å². The minimum absolute atomic E-state index is 0.187. The summed E-state index contributed by atoms with van der Waals surface area (Å²) >= 11 is 0. The fraction of sp³-hybridized carbons (Fsp3) is 0.833. The van der Waals surface area contributed by atoms with Crippen molar-refractivity contribution in [2.75, 3.05) is 6.54 Å². The second kappa shape index (κ2) is 5.75. The van der Waals surface area contributed by atoms with Crippen LogP contribution in [-0.4, -0.2) is 23.4 Å². The van der Waals surface area contributed by atoms with E-state index in [0.29, 0.717) is 0 Å². The van der Waals surface area contributed by atoms with Crippen LogP contribution in [0.1, 0.15) is 46.0 Å². The highest BCUT2D eigenvalue weighted by Gasteiger charge is 2.34. The van der Waals surface area contributed by atoms with E-state index in [0.717, 1.165) is 38.6 Å². The molecule has 0 radical (unpaired) electrons. The van der Waals surface area contributed by atoms with Gasteiger partial charge in [-0.15, -0.1) is 0 Å². The molecule has 84 valence electrons. The number of nitrogens with zero attached hydrogens (tertiary/aromatic N) is 2. The van der Waals surface area contributed by atoms with Crippen molar-refractivity contribution in [1.29, 1.82) is 5.26 Å². The Morgan fingerprint density at radius 3 is 2.87 bits per heavy atom. The van der Waals surface area contributed by atoms with Crippen LogP contribution in [0.5, 0.6) is 0 Å². The van der Waals surface area contributed by atoms with Gasteiger partial charge in [0, 0.05) is 12.5 Å². The monoisotopic (exact) mass is 208 g/mol. The first-order valence-electron chi connectivity index (χ1n) is 5.94. The van der Waals surface area contributed by atoms with Crippen molar-refractivity contribution in [2.45, 2.75) is 52.0 Å². The molecule has 0 aliphatic carbocycles. The Kier molecular flexibility index (Phi) is 4.61. The Bertz CT molecular complexity index is 257. The van der Waals surface area contributed by atoms with E-state index >= 15 is 0 Å². The summed E-state index contributed by atoms with van der Waals surface area (Å²) in [4.78, 5) is 13.7. The number of hydrogen-bond donors (Lipinski definition) is 0. The standard InChI is InChI=1S/C12H20N2O/c1-3-5-6-10-7-8-14(12(10)15)11(4-2)9-13/h10-11H,3-8H2,1-2H3. The van der Waals surface area contributed by atoms with Gasteiger partial charge < -0.3 is 4.90 Å². The van der Waals surface area contributed by atoms with Crippen LogP contribution >= 0.6 is 0 Å². The molecule has 3 heteroatoms. The highest BCUT2D eigenvalue weighted by molar-refractivity contribution is 5.81. The van der Waals surface area contributed by atoms with Crippen molar-refractivity contribution in [3.8, 4) is 6.07 Å². The maximum atomic E-state index is 11.9. The van der Waals surface area contributed by atoms with Crippen molar-refractivity contribution in [3.05, 3.63) is 0 Å². The lowest BCUT2D eigenvalue weighted by Gasteiger charge is -2.21. The average molecular weight is 208 g/mol. The molecule has 1 amide bonds. The van der Waals surface area contributed by atoms with E-state index in [1.54, 1.807) is 4.90 Å². The van der Waals surface area contributed by atoms with Crippen LogP contribution in [0.2, 0.25) is 0 Å². The largest absolute Gasteiger partial charge is 0.326 e. The average Bonchev–Trinajstić information content (AvgIpc) is 2.60. The number of rotatable bonds is 5. The lowest BCUT2D eigenvalue weighted by Crippen LogP contribution is -2.36. The van der Waals surface area contributed by atoms with Gasteiger partial charge in [-0.25, -0.2) is 0 Å². The topological polar surface area (TPSA) is 44.1 Å². The molecule has 1 heterocycles. The summed E-state index contributed by atoms with van der Waals surface area (Å²) < 4.78 is 0. The van der Waals surface area contributed by atoms with Crippen molar-refractivity contribution < 1.29 is 4.79 Å². The summed E-state index contributed by atoms with van der Waals surface area (Å²) in [5, 5.41) is 8.92. The first kappa shape index (κ1) is 12.0. The number of carbonyl (C=O) groups is 1. The smallest absolute Gasteiger partial charge is 0.226 e. The molecule has 1 aliphatic heterocycles. The SMILES string of the molecule is CCCCC1CCN(C(C#N)CC)C1=O. The zero-order valence-electron chi connectivity index (χ0n) is 9.70. The molecule has 3 nitrogen and oxygen atoms in total. The number of hydrogen-bond acceptors (Lipinski definition) is 2. The Balaban J connectivity index is 2.52. The van der Waals surface area contributed by atoms with Crippen LogP contribution in [0.15, 0.2) is 0 Å². The molecule has 0 aromatic heterocycles. The third-order valence-corrected chi connectivity index (χ3v) is 3.17. The van der Waals surface area contributed by atoms with Gasteiger partial charge in [-0.2, -0.15) is 5.26 Å². The Hall–Kier alpha value is -1.04. The molecule has 0 N–H and O–H groups in total. The molecule has 2 unspecified atom stereocenters. The Morgan fingerprint density at radius 1 is 1.60 bits per heavy atom. The van der Waals surface area contributed by atoms with Gasteiger partial charge >= 0.3 is 0 Å². The maximum absolute atomic E-state index is 11.9. The first-order valence-corrected chi connectivity index (χ1v) is 5.94. The third kappa shape index (κ3) is 2.71.